The molecule has 0 atom stereocenters. The van der Waals surface area contributed by atoms with E-state index in [1.807, 2.05) is 17.5 Å². The summed E-state index contributed by atoms with van der Waals surface area (Å²) < 4.78 is 1.92. The van der Waals surface area contributed by atoms with Gasteiger partial charge >= 0.3 is 0 Å². The van der Waals surface area contributed by atoms with E-state index in [2.05, 4.69) is 0 Å². The van der Waals surface area contributed by atoms with Crippen LogP contribution in [0.15, 0.2) is 29.8 Å². The minimum Gasteiger partial charge on any atom is -0.618 e. The van der Waals surface area contributed by atoms with Gasteiger partial charge in [0, 0.05) is 12.1 Å². The van der Waals surface area contributed by atoms with E-state index in [0.29, 0.717) is 0 Å². The number of aromatic nitrogens is 1. The summed E-state index contributed by atoms with van der Waals surface area (Å²) in [6, 6.07) is 5.52. The second kappa shape index (κ2) is 1.95. The Balaban J connectivity index is 2.95. The summed E-state index contributed by atoms with van der Waals surface area (Å²) in [5.41, 5.74) is 0.757. The van der Waals surface area contributed by atoms with Crippen molar-refractivity contribution >= 4 is 21.6 Å². The lowest BCUT2D eigenvalue weighted by Gasteiger charge is -1.93. The molecular formula is C7H5NOS. The molecule has 0 aliphatic heterocycles. The monoisotopic (exact) mass is 151 g/mol. The zero-order valence-corrected chi connectivity index (χ0v) is 5.97. The van der Waals surface area contributed by atoms with Gasteiger partial charge in [-0.2, -0.15) is 4.73 Å². The SMILES string of the molecule is [O-][n+]1cccc2sccc21. The number of thiophene rings is 1. The molecule has 0 N–H and O–H groups in total. The van der Waals surface area contributed by atoms with Crippen LogP contribution in [-0.4, -0.2) is 0 Å². The van der Waals surface area contributed by atoms with Gasteiger partial charge in [0.05, 0.1) is 0 Å². The van der Waals surface area contributed by atoms with E-state index in [-0.39, 0.29) is 0 Å². The predicted octanol–water partition coefficient (Wildman–Crippen LogP) is 1.53. The summed E-state index contributed by atoms with van der Waals surface area (Å²) in [6.07, 6.45) is 1.51. The summed E-state index contributed by atoms with van der Waals surface area (Å²) in [7, 11) is 0. The van der Waals surface area contributed by atoms with E-state index in [4.69, 9.17) is 0 Å². The third-order valence-electron chi connectivity index (χ3n) is 1.38. The topological polar surface area (TPSA) is 26.9 Å². The maximum Gasteiger partial charge on any atom is 0.234 e. The molecule has 0 unspecified atom stereocenters. The largest absolute Gasteiger partial charge is 0.618 e. The van der Waals surface area contributed by atoms with Crippen molar-refractivity contribution in [2.45, 2.75) is 0 Å². The lowest BCUT2D eigenvalue weighted by atomic mass is 10.4. The standard InChI is InChI=1S/C7H5NOS/c9-8-4-1-2-7-6(8)3-5-10-7/h1-5H. The Hall–Kier alpha value is -1.09. The highest BCUT2D eigenvalue weighted by atomic mass is 32.1. The number of nitrogens with zero attached hydrogens (tertiary/aromatic N) is 1. The molecule has 0 fully saturated rings. The van der Waals surface area contributed by atoms with Crippen LogP contribution >= 0.6 is 11.3 Å². The van der Waals surface area contributed by atoms with Crippen molar-refractivity contribution in [1.29, 1.82) is 0 Å². The minimum absolute atomic E-state index is 0.757. The summed E-state index contributed by atoms with van der Waals surface area (Å²) in [5.74, 6) is 0. The third-order valence-corrected chi connectivity index (χ3v) is 2.25. The molecule has 10 heavy (non-hydrogen) atoms. The molecule has 0 aliphatic rings. The van der Waals surface area contributed by atoms with E-state index in [1.54, 1.807) is 17.4 Å². The van der Waals surface area contributed by atoms with Gasteiger partial charge in [0.1, 0.15) is 4.70 Å². The van der Waals surface area contributed by atoms with Crippen molar-refractivity contribution in [2.75, 3.05) is 0 Å². The first-order valence-corrected chi connectivity index (χ1v) is 3.81. The van der Waals surface area contributed by atoms with Crippen LogP contribution in [-0.2, 0) is 0 Å². The van der Waals surface area contributed by atoms with Crippen LogP contribution < -0.4 is 4.73 Å². The van der Waals surface area contributed by atoms with Gasteiger partial charge in [0.15, 0.2) is 6.20 Å². The fraction of sp³-hybridized carbons (Fsp3) is 0. The van der Waals surface area contributed by atoms with Gasteiger partial charge in [0.2, 0.25) is 5.52 Å². The van der Waals surface area contributed by atoms with Crippen molar-refractivity contribution in [3.05, 3.63) is 35.0 Å². The molecule has 2 aromatic heterocycles. The first kappa shape index (κ1) is 5.68. The van der Waals surface area contributed by atoms with Crippen molar-refractivity contribution in [3.8, 4) is 0 Å². The van der Waals surface area contributed by atoms with E-state index >= 15 is 0 Å². The molecule has 50 valence electrons. The molecule has 0 bridgehead atoms. The van der Waals surface area contributed by atoms with Gasteiger partial charge in [-0.25, -0.2) is 0 Å². The maximum absolute atomic E-state index is 11.0. The van der Waals surface area contributed by atoms with Crippen molar-refractivity contribution < 1.29 is 4.73 Å². The van der Waals surface area contributed by atoms with Gasteiger partial charge in [0.25, 0.3) is 0 Å². The number of hydrogen-bond donors (Lipinski definition) is 0. The molecule has 0 saturated heterocycles. The number of fused-ring (bicyclic) bond motifs is 1. The zero-order chi connectivity index (χ0) is 6.97. The van der Waals surface area contributed by atoms with Crippen LogP contribution in [0.1, 0.15) is 0 Å². The molecule has 2 aromatic rings. The molecule has 0 aliphatic carbocycles. The molecule has 0 spiro atoms. The van der Waals surface area contributed by atoms with Crippen LogP contribution in [0.4, 0.5) is 0 Å². The van der Waals surface area contributed by atoms with Crippen molar-refractivity contribution in [1.82, 2.24) is 0 Å². The zero-order valence-electron chi connectivity index (χ0n) is 5.15. The Bertz CT molecular complexity index is 355. The van der Waals surface area contributed by atoms with Crippen molar-refractivity contribution in [3.63, 3.8) is 0 Å². The van der Waals surface area contributed by atoms with Gasteiger partial charge in [-0.1, -0.05) is 0 Å². The Morgan fingerprint density at radius 1 is 1.40 bits per heavy atom. The van der Waals surface area contributed by atoms with Gasteiger partial charge in [-0.15, -0.1) is 11.3 Å². The fourth-order valence-corrected chi connectivity index (χ4v) is 1.69. The summed E-state index contributed by atoms with van der Waals surface area (Å²) in [4.78, 5) is 0. The first-order valence-electron chi connectivity index (χ1n) is 2.93. The number of rotatable bonds is 0. The van der Waals surface area contributed by atoms with Crippen LogP contribution in [0.25, 0.3) is 10.2 Å². The van der Waals surface area contributed by atoms with Crippen LogP contribution in [0.2, 0.25) is 0 Å². The molecule has 2 heterocycles. The molecule has 2 nitrogen and oxygen atoms in total. The van der Waals surface area contributed by atoms with Crippen LogP contribution in [0.5, 0.6) is 0 Å². The van der Waals surface area contributed by atoms with Crippen LogP contribution in [0, 0.1) is 5.21 Å². The first-order chi connectivity index (χ1) is 4.88. The van der Waals surface area contributed by atoms with Gasteiger partial charge in [-0.05, 0) is 11.4 Å². The molecular weight excluding hydrogens is 146 g/mol. The van der Waals surface area contributed by atoms with E-state index in [9.17, 15) is 5.21 Å². The lowest BCUT2D eigenvalue weighted by Crippen LogP contribution is -2.24. The molecule has 3 heteroatoms. The van der Waals surface area contributed by atoms with Gasteiger partial charge in [-0.3, -0.25) is 0 Å². The Kier molecular flexibility index (Phi) is 1.11. The molecule has 0 saturated carbocycles. The number of pyridine rings is 1. The smallest absolute Gasteiger partial charge is 0.234 e. The van der Waals surface area contributed by atoms with Crippen molar-refractivity contribution in [2.24, 2.45) is 0 Å². The normalized spacial score (nSPS) is 10.4. The Morgan fingerprint density at radius 2 is 2.30 bits per heavy atom. The fourth-order valence-electron chi connectivity index (χ4n) is 0.910. The second-order valence-corrected chi connectivity index (χ2v) is 2.95. The quantitative estimate of drug-likeness (QED) is 0.414. The average molecular weight is 151 g/mol. The Labute approximate surface area is 61.9 Å². The lowest BCUT2D eigenvalue weighted by molar-refractivity contribution is -0.576. The van der Waals surface area contributed by atoms with Crippen LogP contribution in [0.3, 0.4) is 0 Å². The minimum atomic E-state index is 0.757. The second-order valence-electron chi connectivity index (χ2n) is 2.00. The van der Waals surface area contributed by atoms with E-state index in [1.165, 1.54) is 6.20 Å². The number of hydrogen-bond acceptors (Lipinski definition) is 2. The third kappa shape index (κ3) is 0.675. The highest BCUT2D eigenvalue weighted by Crippen LogP contribution is 2.15. The Morgan fingerprint density at radius 3 is 3.10 bits per heavy atom. The van der Waals surface area contributed by atoms with Gasteiger partial charge < -0.3 is 5.21 Å². The highest BCUT2D eigenvalue weighted by molar-refractivity contribution is 7.17. The van der Waals surface area contributed by atoms with E-state index in [0.717, 1.165) is 14.9 Å². The molecule has 0 radical (unpaired) electrons. The summed E-state index contributed by atoms with van der Waals surface area (Å²) in [6.45, 7) is 0. The highest BCUT2D eigenvalue weighted by Gasteiger charge is 2.00. The summed E-state index contributed by atoms with van der Waals surface area (Å²) >= 11 is 1.58. The maximum atomic E-state index is 11.0. The molecule has 0 aromatic carbocycles. The molecule has 0 amide bonds. The molecule has 2 rings (SSSR count). The predicted molar refractivity (Wildman–Crippen MR) is 40.8 cm³/mol. The van der Waals surface area contributed by atoms with E-state index < -0.39 is 0 Å². The average Bonchev–Trinajstić information content (AvgIpc) is 2.36. The summed E-state index contributed by atoms with van der Waals surface area (Å²) in [5, 5.41) is 12.9.